The van der Waals surface area contributed by atoms with Gasteiger partial charge < -0.3 is 10.2 Å². The molecule has 2 heterocycles. The van der Waals surface area contributed by atoms with Crippen molar-refractivity contribution in [3.05, 3.63) is 53.2 Å². The minimum Gasteiger partial charge on any atom is -0.364 e. The quantitative estimate of drug-likeness (QED) is 0.937. The molecule has 0 bridgehead atoms. The predicted octanol–water partition coefficient (Wildman–Crippen LogP) is 2.13. The number of carbonyl (C=O) groups excluding carboxylic acids is 1. The Morgan fingerprint density at radius 2 is 2.23 bits per heavy atom. The van der Waals surface area contributed by atoms with Gasteiger partial charge in [-0.3, -0.25) is 4.79 Å². The fourth-order valence-electron chi connectivity index (χ4n) is 2.32. The molecule has 0 unspecified atom stereocenters. The fourth-order valence-corrected chi connectivity index (χ4v) is 2.55. The predicted molar refractivity (Wildman–Crippen MR) is 81.1 cm³/mol. The van der Waals surface area contributed by atoms with Gasteiger partial charge in [0.15, 0.2) is 0 Å². The van der Waals surface area contributed by atoms with Crippen LogP contribution in [-0.4, -0.2) is 39.9 Å². The standard InChI is InChI=1S/C15H14ClFN4O/c16-12-2-1-3-13(17)11(12)6-15(22)21-7-10(8-21)20-14-4-5-18-9-19-14/h1-5,9-10H,6-8H2,(H,18,19,20). The van der Waals surface area contributed by atoms with Crippen LogP contribution in [0.25, 0.3) is 0 Å². The molecule has 1 aromatic heterocycles. The van der Waals surface area contributed by atoms with E-state index in [2.05, 4.69) is 15.3 Å². The van der Waals surface area contributed by atoms with E-state index in [0.717, 1.165) is 5.82 Å². The van der Waals surface area contributed by atoms with Crippen LogP contribution in [0.15, 0.2) is 36.8 Å². The Hall–Kier alpha value is -2.21. The minimum atomic E-state index is -0.447. The van der Waals surface area contributed by atoms with Gasteiger partial charge in [0.05, 0.1) is 12.5 Å². The summed E-state index contributed by atoms with van der Waals surface area (Å²) in [5.74, 6) is 0.147. The smallest absolute Gasteiger partial charge is 0.227 e. The van der Waals surface area contributed by atoms with Gasteiger partial charge in [0.2, 0.25) is 5.91 Å². The van der Waals surface area contributed by atoms with Gasteiger partial charge in [-0.25, -0.2) is 14.4 Å². The van der Waals surface area contributed by atoms with Gasteiger partial charge in [-0.15, -0.1) is 0 Å². The molecule has 1 saturated heterocycles. The highest BCUT2D eigenvalue weighted by molar-refractivity contribution is 6.31. The van der Waals surface area contributed by atoms with Crippen molar-refractivity contribution in [3.63, 3.8) is 0 Å². The van der Waals surface area contributed by atoms with Crippen LogP contribution in [0, 0.1) is 5.82 Å². The van der Waals surface area contributed by atoms with Crippen molar-refractivity contribution in [2.75, 3.05) is 18.4 Å². The van der Waals surface area contributed by atoms with Crippen LogP contribution in [0.3, 0.4) is 0 Å². The molecule has 22 heavy (non-hydrogen) atoms. The summed E-state index contributed by atoms with van der Waals surface area (Å²) < 4.78 is 13.7. The lowest BCUT2D eigenvalue weighted by Gasteiger charge is -2.40. The number of halogens is 2. The zero-order chi connectivity index (χ0) is 15.5. The fraction of sp³-hybridized carbons (Fsp3) is 0.267. The monoisotopic (exact) mass is 320 g/mol. The first-order chi connectivity index (χ1) is 10.6. The van der Waals surface area contributed by atoms with Crippen LogP contribution in [-0.2, 0) is 11.2 Å². The lowest BCUT2D eigenvalue weighted by Crippen LogP contribution is -2.57. The number of hydrogen-bond donors (Lipinski definition) is 1. The van der Waals surface area contributed by atoms with Gasteiger partial charge in [0.1, 0.15) is 18.0 Å². The van der Waals surface area contributed by atoms with Crippen molar-refractivity contribution >= 4 is 23.3 Å². The molecule has 7 heteroatoms. The topological polar surface area (TPSA) is 58.1 Å². The first kappa shape index (κ1) is 14.7. The number of hydrogen-bond acceptors (Lipinski definition) is 4. The number of nitrogens with one attached hydrogen (secondary N) is 1. The summed E-state index contributed by atoms with van der Waals surface area (Å²) in [5.41, 5.74) is 0.251. The highest BCUT2D eigenvalue weighted by atomic mass is 35.5. The van der Waals surface area contributed by atoms with Crippen molar-refractivity contribution in [1.82, 2.24) is 14.9 Å². The van der Waals surface area contributed by atoms with E-state index in [1.807, 2.05) is 0 Å². The number of carbonyl (C=O) groups is 1. The zero-order valence-electron chi connectivity index (χ0n) is 11.7. The molecule has 0 radical (unpaired) electrons. The molecule has 3 rings (SSSR count). The number of aromatic nitrogens is 2. The van der Waals surface area contributed by atoms with E-state index in [1.54, 1.807) is 23.2 Å². The van der Waals surface area contributed by atoms with E-state index in [-0.39, 0.29) is 29.0 Å². The van der Waals surface area contributed by atoms with Crippen molar-refractivity contribution < 1.29 is 9.18 Å². The van der Waals surface area contributed by atoms with Crippen molar-refractivity contribution in [3.8, 4) is 0 Å². The molecule has 2 aromatic rings. The third-order valence-corrected chi connectivity index (χ3v) is 3.91. The molecule has 1 amide bonds. The maximum absolute atomic E-state index is 13.7. The molecular formula is C15H14ClFN4O. The summed E-state index contributed by atoms with van der Waals surface area (Å²) in [6, 6.07) is 6.34. The zero-order valence-corrected chi connectivity index (χ0v) is 12.4. The summed E-state index contributed by atoms with van der Waals surface area (Å²) >= 11 is 5.94. The number of rotatable bonds is 4. The highest BCUT2D eigenvalue weighted by Crippen LogP contribution is 2.22. The largest absolute Gasteiger partial charge is 0.364 e. The van der Waals surface area contributed by atoms with Crippen molar-refractivity contribution in [2.24, 2.45) is 0 Å². The van der Waals surface area contributed by atoms with Gasteiger partial charge in [-0.1, -0.05) is 17.7 Å². The number of likely N-dealkylation sites (tertiary alicyclic amines) is 1. The van der Waals surface area contributed by atoms with Gasteiger partial charge in [0, 0.05) is 29.9 Å². The lowest BCUT2D eigenvalue weighted by molar-refractivity contribution is -0.134. The summed E-state index contributed by atoms with van der Waals surface area (Å²) in [4.78, 5) is 21.7. The Bertz CT molecular complexity index is 656. The molecular weight excluding hydrogens is 307 g/mol. The molecule has 1 fully saturated rings. The van der Waals surface area contributed by atoms with E-state index in [9.17, 15) is 9.18 Å². The van der Waals surface area contributed by atoms with Gasteiger partial charge in [0.25, 0.3) is 0 Å². The number of amides is 1. The second kappa shape index (κ2) is 6.27. The molecule has 0 saturated carbocycles. The first-order valence-electron chi connectivity index (χ1n) is 6.86. The van der Waals surface area contributed by atoms with Gasteiger partial charge in [-0.2, -0.15) is 0 Å². The summed E-state index contributed by atoms with van der Waals surface area (Å²) in [5, 5.41) is 3.49. The van der Waals surface area contributed by atoms with Crippen molar-refractivity contribution in [1.29, 1.82) is 0 Å². The van der Waals surface area contributed by atoms with E-state index >= 15 is 0 Å². The second-order valence-electron chi connectivity index (χ2n) is 5.11. The highest BCUT2D eigenvalue weighted by Gasteiger charge is 2.31. The molecule has 114 valence electrons. The Morgan fingerprint density at radius 3 is 2.91 bits per heavy atom. The van der Waals surface area contributed by atoms with Crippen LogP contribution in [0.5, 0.6) is 0 Å². The molecule has 1 aliphatic heterocycles. The Balaban J connectivity index is 1.53. The SMILES string of the molecule is O=C(Cc1c(F)cccc1Cl)N1CC(Nc2ccncn2)C1. The molecule has 5 nitrogen and oxygen atoms in total. The molecule has 0 aliphatic carbocycles. The third-order valence-electron chi connectivity index (χ3n) is 3.56. The van der Waals surface area contributed by atoms with Crippen LogP contribution >= 0.6 is 11.6 Å². The summed E-state index contributed by atoms with van der Waals surface area (Å²) in [6.07, 6.45) is 3.09. The van der Waals surface area contributed by atoms with E-state index in [4.69, 9.17) is 11.6 Å². The maximum atomic E-state index is 13.7. The van der Waals surface area contributed by atoms with Crippen LogP contribution in [0.1, 0.15) is 5.56 Å². The van der Waals surface area contributed by atoms with Gasteiger partial charge >= 0.3 is 0 Å². The molecule has 0 atom stereocenters. The van der Waals surface area contributed by atoms with Crippen molar-refractivity contribution in [2.45, 2.75) is 12.5 Å². The number of nitrogens with zero attached hydrogens (tertiary/aromatic N) is 3. The van der Waals surface area contributed by atoms with Crippen LogP contribution in [0.4, 0.5) is 10.2 Å². The number of anilines is 1. The van der Waals surface area contributed by atoms with Gasteiger partial charge in [-0.05, 0) is 18.2 Å². The third kappa shape index (κ3) is 3.17. The molecule has 1 N–H and O–H groups in total. The molecule has 1 aromatic carbocycles. The molecule has 1 aliphatic rings. The van der Waals surface area contributed by atoms with E-state index in [1.165, 1.54) is 18.5 Å². The van der Waals surface area contributed by atoms with E-state index < -0.39 is 5.82 Å². The van der Waals surface area contributed by atoms with Crippen LogP contribution in [0.2, 0.25) is 5.02 Å². The number of benzene rings is 1. The molecule has 0 spiro atoms. The van der Waals surface area contributed by atoms with E-state index in [0.29, 0.717) is 13.1 Å². The average molecular weight is 321 g/mol. The average Bonchev–Trinajstić information content (AvgIpc) is 2.47. The first-order valence-corrected chi connectivity index (χ1v) is 7.24. The summed E-state index contributed by atoms with van der Waals surface area (Å²) in [6.45, 7) is 1.13. The Labute approximate surface area is 132 Å². The minimum absolute atomic E-state index is 0.0221. The lowest BCUT2D eigenvalue weighted by atomic mass is 10.1. The second-order valence-corrected chi connectivity index (χ2v) is 5.52. The Morgan fingerprint density at radius 1 is 1.41 bits per heavy atom. The normalized spacial score (nSPS) is 14.5. The van der Waals surface area contributed by atoms with Crippen LogP contribution < -0.4 is 5.32 Å². The summed E-state index contributed by atoms with van der Waals surface area (Å²) in [7, 11) is 0. The Kier molecular flexibility index (Phi) is 4.20. The maximum Gasteiger partial charge on any atom is 0.227 e.